The predicted molar refractivity (Wildman–Crippen MR) is 157 cm³/mol. The molecule has 1 aromatic heterocycles. The van der Waals surface area contributed by atoms with Gasteiger partial charge in [-0.15, -0.1) is 5.10 Å². The number of hydrogen-bond acceptors (Lipinski definition) is 6. The lowest BCUT2D eigenvalue weighted by Gasteiger charge is -2.35. The number of fused-ring (bicyclic) bond motifs is 2. The third-order valence-corrected chi connectivity index (χ3v) is 9.65. The van der Waals surface area contributed by atoms with Gasteiger partial charge in [-0.3, -0.25) is 4.79 Å². The molecule has 46 heavy (non-hydrogen) atoms. The summed E-state index contributed by atoms with van der Waals surface area (Å²) >= 11 is 0. The van der Waals surface area contributed by atoms with Crippen LogP contribution in [0.5, 0.6) is 0 Å². The SMILES string of the molecule is Cn1nnc(N(Cc2cc(C(F)(F)F)cc(C(F)(F)F)c2)[C@H]2CCCN(CC3CCC(C(=O)O)CC3)c3cc4c(cc32)CCC4)n1. The summed E-state index contributed by atoms with van der Waals surface area (Å²) in [5.74, 6) is -0.637. The maximum absolute atomic E-state index is 13.8. The highest BCUT2D eigenvalue weighted by atomic mass is 19.4. The van der Waals surface area contributed by atoms with Crippen molar-refractivity contribution >= 4 is 17.6 Å². The number of halogens is 6. The van der Waals surface area contributed by atoms with Gasteiger partial charge < -0.3 is 14.9 Å². The molecule has 248 valence electrons. The molecule has 3 aromatic rings. The Kier molecular flexibility index (Phi) is 8.66. The highest BCUT2D eigenvalue weighted by Gasteiger charge is 2.38. The van der Waals surface area contributed by atoms with Gasteiger partial charge in [0.15, 0.2) is 0 Å². The molecule has 1 aliphatic heterocycles. The number of nitrogens with zero attached hydrogens (tertiary/aromatic N) is 6. The fraction of sp³-hybridized carbons (Fsp3) is 0.562. The van der Waals surface area contributed by atoms with Gasteiger partial charge in [0.25, 0.3) is 5.95 Å². The summed E-state index contributed by atoms with van der Waals surface area (Å²) in [6.07, 6.45) is -2.94. The Bertz CT molecular complexity index is 1550. The Labute approximate surface area is 262 Å². The van der Waals surface area contributed by atoms with Gasteiger partial charge >= 0.3 is 18.3 Å². The second kappa shape index (κ2) is 12.4. The topological polar surface area (TPSA) is 87.4 Å². The van der Waals surface area contributed by atoms with Crippen LogP contribution < -0.4 is 9.80 Å². The van der Waals surface area contributed by atoms with E-state index < -0.39 is 35.5 Å². The minimum atomic E-state index is -4.97. The van der Waals surface area contributed by atoms with Gasteiger partial charge in [-0.25, -0.2) is 0 Å². The molecule has 0 unspecified atom stereocenters. The lowest BCUT2D eigenvalue weighted by molar-refractivity contribution is -0.144. The third kappa shape index (κ3) is 6.80. The molecule has 3 aliphatic rings. The van der Waals surface area contributed by atoms with E-state index in [0.717, 1.165) is 62.0 Å². The summed E-state index contributed by atoms with van der Waals surface area (Å²) in [6, 6.07) is 5.57. The van der Waals surface area contributed by atoms with Crippen molar-refractivity contribution in [2.75, 3.05) is 22.9 Å². The highest BCUT2D eigenvalue weighted by Crippen LogP contribution is 2.44. The van der Waals surface area contributed by atoms with Crippen molar-refractivity contribution in [2.24, 2.45) is 18.9 Å². The first kappa shape index (κ1) is 32.1. The Morgan fingerprint density at radius 1 is 0.913 bits per heavy atom. The maximum atomic E-state index is 13.8. The minimum Gasteiger partial charge on any atom is -0.481 e. The lowest BCUT2D eigenvalue weighted by atomic mass is 9.81. The van der Waals surface area contributed by atoms with E-state index in [1.165, 1.54) is 15.9 Å². The number of tetrazole rings is 1. The van der Waals surface area contributed by atoms with E-state index in [1.807, 2.05) is 0 Å². The monoisotopic (exact) mass is 650 g/mol. The summed E-state index contributed by atoms with van der Waals surface area (Å²) in [5, 5.41) is 21.9. The molecule has 1 atom stereocenters. The molecule has 1 saturated carbocycles. The minimum absolute atomic E-state index is 0.116. The normalized spacial score (nSPS) is 21.9. The van der Waals surface area contributed by atoms with Crippen molar-refractivity contribution in [1.29, 1.82) is 0 Å². The second-order valence-electron chi connectivity index (χ2n) is 12.8. The van der Waals surface area contributed by atoms with E-state index in [4.69, 9.17) is 0 Å². The molecule has 1 fully saturated rings. The van der Waals surface area contributed by atoms with Crippen LogP contribution in [0.25, 0.3) is 0 Å². The van der Waals surface area contributed by atoms with Crippen LogP contribution in [-0.2, 0) is 43.6 Å². The fourth-order valence-corrected chi connectivity index (χ4v) is 7.36. The van der Waals surface area contributed by atoms with Crippen LogP contribution in [0.4, 0.5) is 38.0 Å². The van der Waals surface area contributed by atoms with Crippen LogP contribution in [0, 0.1) is 11.8 Å². The second-order valence-corrected chi connectivity index (χ2v) is 12.8. The molecule has 0 bridgehead atoms. The van der Waals surface area contributed by atoms with Gasteiger partial charge in [0, 0.05) is 25.3 Å². The number of hydrogen-bond donors (Lipinski definition) is 1. The van der Waals surface area contributed by atoms with Crippen molar-refractivity contribution in [2.45, 2.75) is 82.7 Å². The zero-order valence-electron chi connectivity index (χ0n) is 25.4. The molecular weight excluding hydrogens is 614 g/mol. The number of benzene rings is 2. The van der Waals surface area contributed by atoms with E-state index >= 15 is 0 Å². The summed E-state index contributed by atoms with van der Waals surface area (Å²) < 4.78 is 82.7. The molecule has 6 rings (SSSR count). The van der Waals surface area contributed by atoms with Crippen LogP contribution in [0.15, 0.2) is 30.3 Å². The van der Waals surface area contributed by atoms with Crippen LogP contribution in [0.1, 0.15) is 84.4 Å². The zero-order chi connectivity index (χ0) is 32.8. The molecule has 8 nitrogen and oxygen atoms in total. The molecule has 2 heterocycles. The van der Waals surface area contributed by atoms with Gasteiger partial charge in [0.2, 0.25) is 0 Å². The summed E-state index contributed by atoms with van der Waals surface area (Å²) in [7, 11) is 1.55. The van der Waals surface area contributed by atoms with E-state index in [-0.39, 0.29) is 30.0 Å². The van der Waals surface area contributed by atoms with Crippen molar-refractivity contribution in [3.8, 4) is 0 Å². The average molecular weight is 651 g/mol. The highest BCUT2D eigenvalue weighted by molar-refractivity contribution is 5.70. The van der Waals surface area contributed by atoms with Crippen molar-refractivity contribution in [1.82, 2.24) is 20.2 Å². The Morgan fingerprint density at radius 3 is 2.15 bits per heavy atom. The first-order chi connectivity index (χ1) is 21.8. The fourth-order valence-electron chi connectivity index (χ4n) is 7.36. The van der Waals surface area contributed by atoms with Gasteiger partial charge in [0.05, 0.1) is 30.1 Å². The van der Waals surface area contributed by atoms with Crippen molar-refractivity contribution < 1.29 is 36.2 Å². The molecule has 0 amide bonds. The molecule has 14 heteroatoms. The largest absolute Gasteiger partial charge is 0.481 e. The third-order valence-electron chi connectivity index (χ3n) is 9.65. The molecular formula is C32H36F6N6O2. The van der Waals surface area contributed by atoms with Crippen molar-refractivity contribution in [3.63, 3.8) is 0 Å². The van der Waals surface area contributed by atoms with Crippen LogP contribution in [0.2, 0.25) is 0 Å². The molecule has 0 spiro atoms. The van der Waals surface area contributed by atoms with E-state index in [1.54, 1.807) is 11.9 Å². The Balaban J connectivity index is 1.39. The van der Waals surface area contributed by atoms with Crippen LogP contribution in [-0.4, -0.2) is 44.4 Å². The van der Waals surface area contributed by atoms with Gasteiger partial charge in [-0.05, 0) is 115 Å². The van der Waals surface area contributed by atoms with Gasteiger partial charge in [-0.2, -0.15) is 31.1 Å². The summed E-state index contributed by atoms with van der Waals surface area (Å²) in [4.78, 5) is 16.8. The molecule has 0 saturated heterocycles. The molecule has 0 radical (unpaired) electrons. The zero-order valence-corrected chi connectivity index (χ0v) is 25.4. The number of rotatable bonds is 7. The number of alkyl halides is 6. The standard InChI is InChI=1S/C32H36F6N6O2/c1-42-40-30(39-41-42)44(18-20-12-24(31(33,34)35)16-25(13-20)32(36,37)38)27-6-3-11-43(17-19-7-9-21(10-8-19)29(45)46)28-15-23-5-2-4-22(23)14-26(27)28/h12-16,19,21,27H,2-11,17-18H2,1H3,(H,45,46)/t19?,21?,27-/m0/s1. The molecule has 2 aliphatic carbocycles. The van der Waals surface area contributed by atoms with Crippen molar-refractivity contribution in [3.05, 3.63) is 63.7 Å². The number of carbonyl (C=O) groups is 1. The number of carboxylic acid groups (broad SMARTS) is 1. The van der Waals surface area contributed by atoms with Gasteiger partial charge in [0.1, 0.15) is 0 Å². The maximum Gasteiger partial charge on any atom is 0.416 e. The molecule has 1 N–H and O–H groups in total. The van der Waals surface area contributed by atoms with E-state index in [2.05, 4.69) is 32.4 Å². The quantitative estimate of drug-likeness (QED) is 0.276. The van der Waals surface area contributed by atoms with Crippen LogP contribution in [0.3, 0.4) is 0 Å². The first-order valence-electron chi connectivity index (χ1n) is 15.7. The Morgan fingerprint density at radius 2 is 1.57 bits per heavy atom. The number of carboxylic acids is 1. The van der Waals surface area contributed by atoms with E-state index in [9.17, 15) is 36.2 Å². The Hall–Kier alpha value is -3.84. The first-order valence-corrected chi connectivity index (χ1v) is 15.7. The number of aliphatic carboxylic acids is 1. The smallest absolute Gasteiger partial charge is 0.416 e. The van der Waals surface area contributed by atoms with Gasteiger partial charge in [-0.1, -0.05) is 11.2 Å². The number of anilines is 2. The van der Waals surface area contributed by atoms with Crippen LogP contribution >= 0.6 is 0 Å². The lowest BCUT2D eigenvalue weighted by Crippen LogP contribution is -2.34. The summed E-state index contributed by atoms with van der Waals surface area (Å²) in [6.45, 7) is 1.17. The molecule has 2 aromatic carbocycles. The predicted octanol–water partition coefficient (Wildman–Crippen LogP) is 6.98. The number of aromatic nitrogens is 4. The summed E-state index contributed by atoms with van der Waals surface area (Å²) in [5.41, 5.74) is 1.48. The average Bonchev–Trinajstić information content (AvgIpc) is 3.60. The number of aryl methyl sites for hydroxylation is 3. The van der Waals surface area contributed by atoms with E-state index in [0.29, 0.717) is 38.1 Å².